The van der Waals surface area contributed by atoms with Crippen molar-refractivity contribution in [1.82, 2.24) is 10.2 Å². The summed E-state index contributed by atoms with van der Waals surface area (Å²) in [6.07, 6.45) is 0. The first-order chi connectivity index (χ1) is 10.6. The Bertz CT molecular complexity index is 516. The molecule has 0 aliphatic carbocycles. The predicted octanol–water partition coefficient (Wildman–Crippen LogP) is -0.609. The summed E-state index contributed by atoms with van der Waals surface area (Å²) in [5, 5.41) is 2.62. The van der Waals surface area contributed by atoms with Crippen molar-refractivity contribution in [3.8, 4) is 0 Å². The van der Waals surface area contributed by atoms with E-state index in [1.807, 2.05) is 4.90 Å². The van der Waals surface area contributed by atoms with Crippen molar-refractivity contribution in [2.75, 3.05) is 45.5 Å². The second kappa shape index (κ2) is 8.14. The van der Waals surface area contributed by atoms with Gasteiger partial charge in [0, 0.05) is 11.9 Å². The van der Waals surface area contributed by atoms with Crippen LogP contribution in [-0.2, 0) is 9.59 Å². The highest BCUT2D eigenvalue weighted by Gasteiger charge is 2.24. The van der Waals surface area contributed by atoms with Gasteiger partial charge in [-0.3, -0.25) is 9.59 Å². The van der Waals surface area contributed by atoms with Crippen LogP contribution in [-0.4, -0.2) is 62.2 Å². The number of piperazine rings is 1. The van der Waals surface area contributed by atoms with Crippen LogP contribution in [0.4, 0.5) is 4.39 Å². The third kappa shape index (κ3) is 4.99. The molecule has 1 aromatic rings. The number of nitrogens with one attached hydrogen (secondary N) is 2. The second-order valence-electron chi connectivity index (χ2n) is 5.22. The summed E-state index contributed by atoms with van der Waals surface area (Å²) in [5.74, 6) is 0.206. The molecule has 1 aliphatic rings. The molecule has 2 amide bonds. The van der Waals surface area contributed by atoms with Crippen LogP contribution >= 0.6 is 11.8 Å². The van der Waals surface area contributed by atoms with Crippen LogP contribution in [0.1, 0.15) is 0 Å². The quantitative estimate of drug-likeness (QED) is 0.710. The molecule has 2 rings (SSSR count). The molecule has 22 heavy (non-hydrogen) atoms. The van der Waals surface area contributed by atoms with Crippen molar-refractivity contribution in [2.24, 2.45) is 0 Å². The Balaban J connectivity index is 1.73. The number of nitrogens with zero attached hydrogens (tertiary/aromatic N) is 1. The van der Waals surface area contributed by atoms with Crippen molar-refractivity contribution in [1.29, 1.82) is 0 Å². The summed E-state index contributed by atoms with van der Waals surface area (Å²) in [7, 11) is 1.63. The lowest BCUT2D eigenvalue weighted by Crippen LogP contribution is -3.15. The highest BCUT2D eigenvalue weighted by atomic mass is 32.2. The van der Waals surface area contributed by atoms with Crippen LogP contribution in [0.25, 0.3) is 0 Å². The average molecular weight is 326 g/mol. The molecule has 120 valence electrons. The zero-order valence-electron chi connectivity index (χ0n) is 12.6. The highest BCUT2D eigenvalue weighted by molar-refractivity contribution is 8.00. The minimum Gasteiger partial charge on any atom is -0.354 e. The second-order valence-corrected chi connectivity index (χ2v) is 6.27. The van der Waals surface area contributed by atoms with Crippen molar-refractivity contribution in [3.63, 3.8) is 0 Å². The van der Waals surface area contributed by atoms with Crippen LogP contribution in [0, 0.1) is 5.82 Å². The summed E-state index contributed by atoms with van der Waals surface area (Å²) in [4.78, 5) is 27.4. The Morgan fingerprint density at radius 1 is 1.27 bits per heavy atom. The third-order valence-corrected chi connectivity index (χ3v) is 4.69. The van der Waals surface area contributed by atoms with E-state index in [1.165, 1.54) is 28.8 Å². The van der Waals surface area contributed by atoms with Gasteiger partial charge in [0.25, 0.3) is 5.91 Å². The first kappa shape index (κ1) is 16.8. The number of thioether (sulfide) groups is 1. The lowest BCUT2D eigenvalue weighted by atomic mass is 10.3. The van der Waals surface area contributed by atoms with E-state index < -0.39 is 0 Å². The maximum Gasteiger partial charge on any atom is 0.274 e. The van der Waals surface area contributed by atoms with Crippen LogP contribution in [0.15, 0.2) is 29.2 Å². The largest absolute Gasteiger partial charge is 0.354 e. The SMILES string of the molecule is CNC(=O)C[NH+]1CCN(C(=O)CSc2ccc(F)cc2)CC1. The normalized spacial score (nSPS) is 15.6. The number of hydrogen-bond acceptors (Lipinski definition) is 3. The molecular formula is C15H21FN3O2S+. The van der Waals surface area contributed by atoms with Gasteiger partial charge in [0.15, 0.2) is 6.54 Å². The van der Waals surface area contributed by atoms with Gasteiger partial charge in [-0.2, -0.15) is 0 Å². The van der Waals surface area contributed by atoms with Crippen molar-refractivity contribution < 1.29 is 18.9 Å². The first-order valence-corrected chi connectivity index (χ1v) is 8.27. The summed E-state index contributed by atoms with van der Waals surface area (Å²) in [6, 6.07) is 6.15. The van der Waals surface area contributed by atoms with Gasteiger partial charge in [0.05, 0.1) is 31.9 Å². The van der Waals surface area contributed by atoms with Gasteiger partial charge in [-0.05, 0) is 24.3 Å². The molecule has 0 aromatic heterocycles. The smallest absolute Gasteiger partial charge is 0.274 e. The minimum absolute atomic E-state index is 0.0293. The monoisotopic (exact) mass is 326 g/mol. The number of quaternary nitrogens is 1. The molecule has 0 radical (unpaired) electrons. The van der Waals surface area contributed by atoms with E-state index in [0.717, 1.165) is 18.0 Å². The number of rotatable bonds is 5. The standard InChI is InChI=1S/C15H20FN3O2S/c1-17-14(20)10-18-6-8-19(9-7-18)15(21)11-22-13-4-2-12(16)3-5-13/h2-5H,6-11H2,1H3,(H,17,20)/p+1. The zero-order chi connectivity index (χ0) is 15.9. The van der Waals surface area contributed by atoms with E-state index in [9.17, 15) is 14.0 Å². The minimum atomic E-state index is -0.272. The van der Waals surface area contributed by atoms with Crippen LogP contribution < -0.4 is 10.2 Å². The summed E-state index contributed by atoms with van der Waals surface area (Å²) in [6.45, 7) is 3.40. The summed E-state index contributed by atoms with van der Waals surface area (Å²) >= 11 is 1.42. The van der Waals surface area contributed by atoms with Crippen LogP contribution in [0.3, 0.4) is 0 Å². The number of amides is 2. The first-order valence-electron chi connectivity index (χ1n) is 7.29. The van der Waals surface area contributed by atoms with Gasteiger partial charge in [-0.25, -0.2) is 4.39 Å². The molecule has 1 heterocycles. The van der Waals surface area contributed by atoms with E-state index in [-0.39, 0.29) is 17.6 Å². The van der Waals surface area contributed by atoms with Crippen molar-refractivity contribution in [3.05, 3.63) is 30.1 Å². The molecule has 1 fully saturated rings. The molecule has 7 heteroatoms. The van der Waals surface area contributed by atoms with E-state index >= 15 is 0 Å². The third-order valence-electron chi connectivity index (χ3n) is 3.69. The molecule has 1 aliphatic heterocycles. The Morgan fingerprint density at radius 3 is 2.50 bits per heavy atom. The fraction of sp³-hybridized carbons (Fsp3) is 0.467. The fourth-order valence-electron chi connectivity index (χ4n) is 2.33. The van der Waals surface area contributed by atoms with Crippen LogP contribution in [0.2, 0.25) is 0 Å². The summed E-state index contributed by atoms with van der Waals surface area (Å²) < 4.78 is 12.8. The van der Waals surface area contributed by atoms with Crippen LogP contribution in [0.5, 0.6) is 0 Å². The predicted molar refractivity (Wildman–Crippen MR) is 83.3 cm³/mol. The highest BCUT2D eigenvalue weighted by Crippen LogP contribution is 2.18. The molecule has 2 N–H and O–H groups in total. The molecule has 0 unspecified atom stereocenters. The Labute approximate surface area is 133 Å². The average Bonchev–Trinajstić information content (AvgIpc) is 2.54. The number of hydrogen-bond donors (Lipinski definition) is 2. The molecule has 0 spiro atoms. The lowest BCUT2D eigenvalue weighted by Gasteiger charge is -2.31. The van der Waals surface area contributed by atoms with Gasteiger partial charge in [0.2, 0.25) is 5.91 Å². The van der Waals surface area contributed by atoms with Gasteiger partial charge in [-0.15, -0.1) is 11.8 Å². The van der Waals surface area contributed by atoms with Gasteiger partial charge < -0.3 is 15.1 Å². The Hall–Kier alpha value is -1.60. The van der Waals surface area contributed by atoms with E-state index in [0.29, 0.717) is 25.4 Å². The zero-order valence-corrected chi connectivity index (χ0v) is 13.4. The fourth-order valence-corrected chi connectivity index (χ4v) is 3.13. The van der Waals surface area contributed by atoms with E-state index in [1.54, 1.807) is 19.2 Å². The molecular weight excluding hydrogens is 305 g/mol. The van der Waals surface area contributed by atoms with Gasteiger partial charge >= 0.3 is 0 Å². The molecule has 0 atom stereocenters. The Kier molecular flexibility index (Phi) is 6.21. The van der Waals surface area contributed by atoms with Gasteiger partial charge in [-0.1, -0.05) is 0 Å². The van der Waals surface area contributed by atoms with Crippen molar-refractivity contribution in [2.45, 2.75) is 4.90 Å². The number of benzene rings is 1. The van der Waals surface area contributed by atoms with Gasteiger partial charge in [0.1, 0.15) is 5.82 Å². The molecule has 1 saturated heterocycles. The van der Waals surface area contributed by atoms with E-state index in [4.69, 9.17) is 0 Å². The summed E-state index contributed by atoms with van der Waals surface area (Å²) in [5.41, 5.74) is 0. The molecule has 1 aromatic carbocycles. The number of carbonyl (C=O) groups excluding carboxylic acids is 2. The number of carbonyl (C=O) groups is 2. The topological polar surface area (TPSA) is 53.9 Å². The van der Waals surface area contributed by atoms with Crippen molar-refractivity contribution >= 4 is 23.6 Å². The Morgan fingerprint density at radius 2 is 1.91 bits per heavy atom. The molecule has 5 nitrogen and oxygen atoms in total. The maximum atomic E-state index is 12.8. The number of likely N-dealkylation sites (N-methyl/N-ethyl adjacent to an activating group) is 1. The lowest BCUT2D eigenvalue weighted by molar-refractivity contribution is -0.896. The maximum absolute atomic E-state index is 12.8. The van der Waals surface area contributed by atoms with E-state index in [2.05, 4.69) is 5.32 Å². The molecule has 0 saturated carbocycles. The molecule has 0 bridgehead atoms. The number of halogens is 1.